The molecule has 0 amide bonds. The van der Waals surface area contributed by atoms with E-state index in [1.165, 1.54) is 0 Å². The molecule has 0 spiro atoms. The molecule has 1 aliphatic rings. The summed E-state index contributed by atoms with van der Waals surface area (Å²) in [6.45, 7) is 0. The number of hydrogen-bond acceptors (Lipinski definition) is 1. The van der Waals surface area contributed by atoms with Crippen LogP contribution < -0.4 is 0 Å². The largest absolute Gasteiger partial charge is 0.481 e. The molecule has 2 nitrogen and oxygen atoms in total. The standard InChI is InChI=1S/C16H10Cl4O2/c17-11-3-1-8(5-13(11)19)16(7-10(16)15(21)22)9-2-4-12(18)14(20)6-9/h1-6,10H,7H2,(H,21,22). The van der Waals surface area contributed by atoms with Crippen molar-refractivity contribution in [3.05, 3.63) is 67.6 Å². The zero-order chi connectivity index (χ0) is 16.1. The van der Waals surface area contributed by atoms with Crippen LogP contribution in [0, 0.1) is 5.92 Å². The molecule has 1 N–H and O–H groups in total. The van der Waals surface area contributed by atoms with Crippen molar-refractivity contribution in [3.8, 4) is 0 Å². The number of carboxylic acid groups (broad SMARTS) is 1. The van der Waals surface area contributed by atoms with E-state index in [0.717, 1.165) is 11.1 Å². The van der Waals surface area contributed by atoms with Crippen LogP contribution in [-0.4, -0.2) is 11.1 Å². The number of aliphatic carboxylic acids is 1. The van der Waals surface area contributed by atoms with Crippen molar-refractivity contribution < 1.29 is 9.90 Å². The summed E-state index contributed by atoms with van der Waals surface area (Å²) in [7, 11) is 0. The number of rotatable bonds is 3. The SMILES string of the molecule is O=C(O)C1CC1(c1ccc(Cl)c(Cl)c1)c1ccc(Cl)c(Cl)c1. The molecule has 1 atom stereocenters. The molecule has 6 heteroatoms. The molecule has 0 radical (unpaired) electrons. The predicted octanol–water partition coefficient (Wildman–Crippen LogP) is 5.69. The highest BCUT2D eigenvalue weighted by molar-refractivity contribution is 6.42. The Morgan fingerprint density at radius 3 is 1.68 bits per heavy atom. The van der Waals surface area contributed by atoms with Crippen LogP contribution in [0.3, 0.4) is 0 Å². The first kappa shape index (κ1) is 15.9. The van der Waals surface area contributed by atoms with Gasteiger partial charge in [-0.15, -0.1) is 0 Å². The van der Waals surface area contributed by atoms with Crippen LogP contribution >= 0.6 is 46.4 Å². The van der Waals surface area contributed by atoms with E-state index in [9.17, 15) is 9.90 Å². The molecule has 2 aromatic rings. The van der Waals surface area contributed by atoms with Gasteiger partial charge in [0.1, 0.15) is 0 Å². The number of carbonyl (C=O) groups is 1. The van der Waals surface area contributed by atoms with Crippen LogP contribution in [-0.2, 0) is 10.2 Å². The Balaban J connectivity index is 2.16. The first-order valence-corrected chi connectivity index (χ1v) is 8.01. The first-order valence-electron chi connectivity index (χ1n) is 6.50. The maximum absolute atomic E-state index is 11.5. The fourth-order valence-electron chi connectivity index (χ4n) is 2.91. The Bertz CT molecular complexity index is 721. The predicted molar refractivity (Wildman–Crippen MR) is 89.4 cm³/mol. The summed E-state index contributed by atoms with van der Waals surface area (Å²) in [5.74, 6) is -1.38. The Kier molecular flexibility index (Phi) is 4.07. The lowest BCUT2D eigenvalue weighted by atomic mass is 9.85. The van der Waals surface area contributed by atoms with Crippen molar-refractivity contribution in [3.63, 3.8) is 0 Å². The maximum atomic E-state index is 11.5. The Morgan fingerprint density at radius 1 is 0.909 bits per heavy atom. The molecule has 2 aromatic carbocycles. The van der Waals surface area contributed by atoms with Crippen molar-refractivity contribution in [1.29, 1.82) is 0 Å². The molecule has 0 aromatic heterocycles. The summed E-state index contributed by atoms with van der Waals surface area (Å²) in [4.78, 5) is 11.5. The van der Waals surface area contributed by atoms with E-state index in [-0.39, 0.29) is 0 Å². The van der Waals surface area contributed by atoms with Crippen molar-refractivity contribution in [2.24, 2.45) is 5.92 Å². The third-order valence-electron chi connectivity index (χ3n) is 4.13. The minimum Gasteiger partial charge on any atom is -0.481 e. The van der Waals surface area contributed by atoms with Crippen LogP contribution in [0.4, 0.5) is 0 Å². The lowest BCUT2D eigenvalue weighted by molar-refractivity contribution is -0.138. The van der Waals surface area contributed by atoms with E-state index >= 15 is 0 Å². The van der Waals surface area contributed by atoms with Crippen LogP contribution in [0.25, 0.3) is 0 Å². The van der Waals surface area contributed by atoms with Gasteiger partial charge >= 0.3 is 5.97 Å². The molecule has 0 saturated heterocycles. The highest BCUT2D eigenvalue weighted by Crippen LogP contribution is 2.59. The van der Waals surface area contributed by atoms with Gasteiger partial charge in [0, 0.05) is 5.41 Å². The van der Waals surface area contributed by atoms with Gasteiger partial charge in [0.25, 0.3) is 0 Å². The molecule has 1 aliphatic carbocycles. The Morgan fingerprint density at radius 2 is 1.36 bits per heavy atom. The molecule has 1 unspecified atom stereocenters. The molecule has 22 heavy (non-hydrogen) atoms. The van der Waals surface area contributed by atoms with Crippen LogP contribution in [0.1, 0.15) is 17.5 Å². The normalized spacial score (nSPS) is 19.0. The molecular weight excluding hydrogens is 366 g/mol. The maximum Gasteiger partial charge on any atom is 0.307 e. The molecule has 0 heterocycles. The fourth-order valence-corrected chi connectivity index (χ4v) is 3.51. The monoisotopic (exact) mass is 374 g/mol. The summed E-state index contributed by atoms with van der Waals surface area (Å²) in [5, 5.41) is 11.1. The average Bonchev–Trinajstić information content (AvgIpc) is 3.22. The van der Waals surface area contributed by atoms with Gasteiger partial charge in [0.15, 0.2) is 0 Å². The highest BCUT2D eigenvalue weighted by Gasteiger charge is 2.60. The van der Waals surface area contributed by atoms with E-state index < -0.39 is 17.3 Å². The van der Waals surface area contributed by atoms with Gasteiger partial charge in [0.2, 0.25) is 0 Å². The minimum atomic E-state index is -0.850. The van der Waals surface area contributed by atoms with E-state index in [1.54, 1.807) is 36.4 Å². The highest BCUT2D eigenvalue weighted by atomic mass is 35.5. The number of benzene rings is 2. The summed E-state index contributed by atoms with van der Waals surface area (Å²) in [6.07, 6.45) is 0.484. The number of carboxylic acids is 1. The third-order valence-corrected chi connectivity index (χ3v) is 5.61. The lowest BCUT2D eigenvalue weighted by Crippen LogP contribution is -2.17. The Labute approximate surface area is 147 Å². The Hall–Kier alpha value is -0.930. The van der Waals surface area contributed by atoms with Crippen LogP contribution in [0.5, 0.6) is 0 Å². The topological polar surface area (TPSA) is 37.3 Å². The lowest BCUT2D eigenvalue weighted by Gasteiger charge is -2.19. The fraction of sp³-hybridized carbons (Fsp3) is 0.188. The second kappa shape index (κ2) is 5.61. The van der Waals surface area contributed by atoms with Gasteiger partial charge in [-0.2, -0.15) is 0 Å². The first-order chi connectivity index (χ1) is 10.4. The molecular formula is C16H10Cl4O2. The summed E-state index contributed by atoms with van der Waals surface area (Å²) >= 11 is 24.1. The summed E-state index contributed by atoms with van der Waals surface area (Å²) in [5.41, 5.74) is 0.981. The number of halogens is 4. The molecule has 1 fully saturated rings. The van der Waals surface area contributed by atoms with Gasteiger partial charge in [-0.05, 0) is 41.8 Å². The van der Waals surface area contributed by atoms with Crippen LogP contribution in [0.15, 0.2) is 36.4 Å². The van der Waals surface area contributed by atoms with E-state index in [0.29, 0.717) is 26.5 Å². The van der Waals surface area contributed by atoms with E-state index in [1.807, 2.05) is 0 Å². The van der Waals surface area contributed by atoms with Gasteiger partial charge in [-0.1, -0.05) is 58.5 Å². The van der Waals surface area contributed by atoms with Gasteiger partial charge in [-0.3, -0.25) is 4.79 Å². The average molecular weight is 376 g/mol. The smallest absolute Gasteiger partial charge is 0.307 e. The zero-order valence-electron chi connectivity index (χ0n) is 11.1. The molecule has 0 bridgehead atoms. The zero-order valence-corrected chi connectivity index (χ0v) is 14.1. The number of hydrogen-bond donors (Lipinski definition) is 1. The van der Waals surface area contributed by atoms with E-state index in [2.05, 4.69) is 0 Å². The van der Waals surface area contributed by atoms with Gasteiger partial charge in [-0.25, -0.2) is 0 Å². The molecule has 3 rings (SSSR count). The second-order valence-electron chi connectivity index (χ2n) is 5.32. The van der Waals surface area contributed by atoms with Crippen molar-refractivity contribution in [2.75, 3.05) is 0 Å². The molecule has 1 saturated carbocycles. The quantitative estimate of drug-likeness (QED) is 0.747. The van der Waals surface area contributed by atoms with Gasteiger partial charge < -0.3 is 5.11 Å². The van der Waals surface area contributed by atoms with Crippen molar-refractivity contribution in [2.45, 2.75) is 11.8 Å². The van der Waals surface area contributed by atoms with Crippen molar-refractivity contribution >= 4 is 52.4 Å². The molecule has 114 valence electrons. The van der Waals surface area contributed by atoms with Crippen molar-refractivity contribution in [1.82, 2.24) is 0 Å². The second-order valence-corrected chi connectivity index (χ2v) is 6.95. The summed E-state index contributed by atoms with van der Waals surface area (Å²) in [6, 6.07) is 10.4. The molecule has 0 aliphatic heterocycles. The van der Waals surface area contributed by atoms with Gasteiger partial charge in [0.05, 0.1) is 26.0 Å². The van der Waals surface area contributed by atoms with Crippen LogP contribution in [0.2, 0.25) is 20.1 Å². The van der Waals surface area contributed by atoms with E-state index in [4.69, 9.17) is 46.4 Å². The minimum absolute atomic E-state index is 0.398. The summed E-state index contributed by atoms with van der Waals surface area (Å²) < 4.78 is 0. The third kappa shape index (κ3) is 2.48.